The number of carbonyl (C=O) groups is 1. The fraction of sp³-hybridized carbons (Fsp3) is 0.320. The maximum Gasteiger partial charge on any atom is 0.275 e. The first-order valence-corrected chi connectivity index (χ1v) is 12.0. The Bertz CT molecular complexity index is 1540. The van der Waals surface area contributed by atoms with E-state index in [1.54, 1.807) is 29.5 Å². The number of aromatic nitrogens is 4. The molecule has 1 fully saturated rings. The van der Waals surface area contributed by atoms with Crippen LogP contribution in [0.2, 0.25) is 0 Å². The molecule has 1 saturated heterocycles. The number of thiophene rings is 1. The summed E-state index contributed by atoms with van der Waals surface area (Å²) in [6, 6.07) is 7.49. The number of hydrogen-bond acceptors (Lipinski definition) is 7. The zero-order valence-electron chi connectivity index (χ0n) is 22.4. The lowest BCUT2D eigenvalue weighted by atomic mass is 9.96. The highest BCUT2D eigenvalue weighted by molar-refractivity contribution is 7.08. The number of nitrogens with zero attached hydrogens (tertiary/aromatic N) is 5. The Morgan fingerprint density at radius 1 is 1.29 bits per heavy atom. The molecule has 5 heterocycles. The van der Waals surface area contributed by atoms with Gasteiger partial charge in [0.05, 0.1) is 42.9 Å². The minimum absolute atomic E-state index is 0.0382. The van der Waals surface area contributed by atoms with E-state index in [-0.39, 0.29) is 25.5 Å². The van der Waals surface area contributed by atoms with Crippen molar-refractivity contribution < 1.29 is 23.1 Å². The van der Waals surface area contributed by atoms with Crippen LogP contribution in [0.5, 0.6) is 11.5 Å². The van der Waals surface area contributed by atoms with Gasteiger partial charge in [-0.15, -0.1) is 0 Å². The number of carbonyl (C=O) groups excluding carboxylic acids is 1. The van der Waals surface area contributed by atoms with Crippen molar-refractivity contribution in [2.75, 3.05) is 27.3 Å². The second kappa shape index (κ2) is 7.96. The first-order valence-electron chi connectivity index (χ1n) is 12.5. The maximum atomic E-state index is 13.9. The van der Waals surface area contributed by atoms with Crippen molar-refractivity contribution in [2.45, 2.75) is 19.1 Å². The molecular formula is C25H25N5O4S. The fourth-order valence-electron chi connectivity index (χ4n) is 4.42. The molecule has 0 aliphatic carbocycles. The zero-order valence-corrected chi connectivity index (χ0v) is 20.3. The highest BCUT2D eigenvalue weighted by Gasteiger charge is 2.42. The molecular weight excluding hydrogens is 466 g/mol. The van der Waals surface area contributed by atoms with Crippen LogP contribution in [-0.4, -0.2) is 63.2 Å². The predicted molar refractivity (Wildman–Crippen MR) is 131 cm³/mol. The summed E-state index contributed by atoms with van der Waals surface area (Å²) in [4.78, 5) is 14.9. The summed E-state index contributed by atoms with van der Waals surface area (Å²) >= 11 is 1.49. The van der Waals surface area contributed by atoms with Crippen molar-refractivity contribution in [1.82, 2.24) is 24.5 Å². The molecule has 2 aliphatic rings. The molecule has 1 amide bonds. The Labute approximate surface area is 210 Å². The Kier molecular flexibility index (Phi) is 4.25. The van der Waals surface area contributed by atoms with Crippen LogP contribution in [0.4, 0.5) is 0 Å². The van der Waals surface area contributed by atoms with Crippen LogP contribution in [0.25, 0.3) is 28.2 Å². The van der Waals surface area contributed by atoms with Gasteiger partial charge in [-0.3, -0.25) is 9.48 Å². The van der Waals surface area contributed by atoms with Gasteiger partial charge in [-0.2, -0.15) is 21.5 Å². The summed E-state index contributed by atoms with van der Waals surface area (Å²) in [5, 5.41) is 13.1. The Hall–Kier alpha value is -3.63. The smallest absolute Gasteiger partial charge is 0.275 e. The quantitative estimate of drug-likeness (QED) is 0.420. The molecule has 0 N–H and O–H groups in total. The van der Waals surface area contributed by atoms with E-state index in [9.17, 15) is 4.79 Å². The van der Waals surface area contributed by atoms with Gasteiger partial charge >= 0.3 is 0 Å². The van der Waals surface area contributed by atoms with Gasteiger partial charge in [0.1, 0.15) is 18.1 Å². The van der Waals surface area contributed by atoms with Crippen molar-refractivity contribution in [3.8, 4) is 39.7 Å². The molecule has 2 aliphatic heterocycles. The molecule has 3 aromatic heterocycles. The van der Waals surface area contributed by atoms with Gasteiger partial charge in [-0.25, -0.2) is 4.68 Å². The van der Waals surface area contributed by atoms with E-state index >= 15 is 0 Å². The first-order chi connectivity index (χ1) is 18.1. The number of rotatable bonds is 5. The SMILES string of the molecule is [2H]C([2H])([2H])N(C(=O)c1nn(-c2ccsc2)c2c1COc1cc(OC)c(-c3ccn(C)n3)cc1-2)C1(C)COC1. The monoisotopic (exact) mass is 494 g/mol. The molecule has 0 spiro atoms. The normalized spacial score (nSPS) is 17.2. The summed E-state index contributed by atoms with van der Waals surface area (Å²) < 4.78 is 44.8. The number of benzene rings is 1. The van der Waals surface area contributed by atoms with Crippen LogP contribution < -0.4 is 9.47 Å². The number of ether oxygens (including phenoxy) is 3. The van der Waals surface area contributed by atoms with Gasteiger partial charge in [0, 0.05) is 52.5 Å². The molecule has 0 saturated carbocycles. The van der Waals surface area contributed by atoms with E-state index < -0.39 is 18.4 Å². The number of methoxy groups -OCH3 is 1. The van der Waals surface area contributed by atoms with Gasteiger partial charge < -0.3 is 19.1 Å². The third-order valence-electron chi connectivity index (χ3n) is 6.42. The van der Waals surface area contributed by atoms with Gasteiger partial charge in [0.15, 0.2) is 5.69 Å². The Balaban J connectivity index is 1.57. The maximum absolute atomic E-state index is 13.9. The molecule has 1 aromatic carbocycles. The molecule has 10 heteroatoms. The lowest BCUT2D eigenvalue weighted by Crippen LogP contribution is -2.60. The zero-order chi connectivity index (χ0) is 26.8. The van der Waals surface area contributed by atoms with Crippen LogP contribution in [0, 0.1) is 0 Å². The standard InChI is InChI=1S/C25H25N5O4S/c1-25(13-33-14-25)29(3)24(31)22-18-11-34-21-10-20(32-4)16(19-5-7-28(2)26-19)9-17(21)23(18)30(27-22)15-6-8-35-12-15/h5-10,12H,11,13-14H2,1-4H3/i3D3. The van der Waals surface area contributed by atoms with Gasteiger partial charge in [-0.1, -0.05) is 0 Å². The number of likely N-dealkylation sites (N-methyl/N-ethyl adjacent to an activating group) is 1. The van der Waals surface area contributed by atoms with Gasteiger partial charge in [-0.05, 0) is 30.5 Å². The molecule has 4 aromatic rings. The van der Waals surface area contributed by atoms with Crippen LogP contribution in [0.15, 0.2) is 41.2 Å². The lowest BCUT2D eigenvalue weighted by molar-refractivity contribution is -0.108. The van der Waals surface area contributed by atoms with Crippen LogP contribution in [0.1, 0.15) is 27.1 Å². The topological polar surface area (TPSA) is 83.6 Å². The molecule has 0 bridgehead atoms. The fourth-order valence-corrected chi connectivity index (χ4v) is 5.04. The van der Waals surface area contributed by atoms with Crippen LogP contribution in [0.3, 0.4) is 0 Å². The van der Waals surface area contributed by atoms with E-state index in [2.05, 4.69) is 5.10 Å². The van der Waals surface area contributed by atoms with Gasteiger partial charge in [0.2, 0.25) is 0 Å². The third kappa shape index (κ3) is 3.35. The largest absolute Gasteiger partial charge is 0.496 e. The minimum atomic E-state index is -2.68. The number of aryl methyl sites for hydroxylation is 1. The summed E-state index contributed by atoms with van der Waals surface area (Å²) in [5.74, 6) is 0.471. The lowest BCUT2D eigenvalue weighted by Gasteiger charge is -2.45. The molecule has 180 valence electrons. The van der Waals surface area contributed by atoms with Crippen molar-refractivity contribution in [2.24, 2.45) is 7.05 Å². The predicted octanol–water partition coefficient (Wildman–Crippen LogP) is 3.76. The van der Waals surface area contributed by atoms with Gasteiger partial charge in [0.25, 0.3) is 5.91 Å². The highest BCUT2D eigenvalue weighted by Crippen LogP contribution is 2.46. The van der Waals surface area contributed by atoms with Crippen molar-refractivity contribution in [3.63, 3.8) is 0 Å². The average Bonchev–Trinajstić information content (AvgIpc) is 3.60. The minimum Gasteiger partial charge on any atom is -0.496 e. The van der Waals surface area contributed by atoms with E-state index in [4.69, 9.17) is 23.4 Å². The number of fused-ring (bicyclic) bond motifs is 3. The summed E-state index contributed by atoms with van der Waals surface area (Å²) in [6.45, 7) is -0.655. The number of amides is 1. The molecule has 6 rings (SSSR count). The van der Waals surface area contributed by atoms with Crippen molar-refractivity contribution in [1.29, 1.82) is 0 Å². The molecule has 35 heavy (non-hydrogen) atoms. The third-order valence-corrected chi connectivity index (χ3v) is 7.09. The first kappa shape index (κ1) is 18.7. The number of hydrogen-bond donors (Lipinski definition) is 0. The second-order valence-corrected chi connectivity index (χ2v) is 9.69. The van der Waals surface area contributed by atoms with E-state index in [1.807, 2.05) is 42.2 Å². The highest BCUT2D eigenvalue weighted by atomic mass is 32.1. The van der Waals surface area contributed by atoms with E-state index in [1.165, 1.54) is 11.3 Å². The van der Waals surface area contributed by atoms with Crippen molar-refractivity contribution in [3.05, 3.63) is 52.5 Å². The summed E-state index contributed by atoms with van der Waals surface area (Å²) in [6.07, 6.45) is 1.84. The van der Waals surface area contributed by atoms with Crippen molar-refractivity contribution >= 4 is 17.2 Å². The van der Waals surface area contributed by atoms with E-state index in [0.717, 1.165) is 16.2 Å². The summed E-state index contributed by atoms with van der Waals surface area (Å²) in [7, 11) is 3.42. The molecule has 0 atom stereocenters. The molecule has 0 radical (unpaired) electrons. The van der Waals surface area contributed by atoms with Crippen LogP contribution in [-0.2, 0) is 18.4 Å². The Morgan fingerprint density at radius 2 is 2.14 bits per heavy atom. The second-order valence-electron chi connectivity index (χ2n) is 8.91. The van der Waals surface area contributed by atoms with E-state index in [0.29, 0.717) is 34.0 Å². The summed E-state index contributed by atoms with van der Waals surface area (Å²) in [5.41, 5.74) is 3.17. The molecule has 0 unspecified atom stereocenters. The van der Waals surface area contributed by atoms with Crippen LogP contribution >= 0.6 is 11.3 Å². The Morgan fingerprint density at radius 3 is 2.77 bits per heavy atom. The average molecular weight is 495 g/mol. The molecule has 9 nitrogen and oxygen atoms in total.